The Bertz CT molecular complexity index is 540. The van der Waals surface area contributed by atoms with Crippen LogP contribution in [-0.4, -0.2) is 36.0 Å². The Hall–Kier alpha value is -1.64. The molecule has 0 saturated heterocycles. The Morgan fingerprint density at radius 1 is 0.667 bits per heavy atom. The maximum Gasteiger partial charge on any atom is 0.0252 e. The molecule has 0 radical (unpaired) electrons. The fourth-order valence-electron chi connectivity index (χ4n) is 4.10. The van der Waals surface area contributed by atoms with Crippen molar-refractivity contribution in [3.63, 3.8) is 0 Å². The van der Waals surface area contributed by atoms with Gasteiger partial charge in [0.15, 0.2) is 0 Å². The molecule has 24 heavy (non-hydrogen) atoms. The Labute approximate surface area is 147 Å². The first-order valence-corrected chi connectivity index (χ1v) is 9.22. The first-order valence-electron chi connectivity index (χ1n) is 9.22. The highest BCUT2D eigenvalue weighted by atomic mass is 15.2. The molecule has 0 N–H and O–H groups in total. The average molecular weight is 322 g/mol. The van der Waals surface area contributed by atoms with Gasteiger partial charge in [-0.3, -0.25) is 9.80 Å². The topological polar surface area (TPSA) is 6.48 Å². The average Bonchev–Trinajstić information content (AvgIpc) is 2.63. The van der Waals surface area contributed by atoms with Crippen molar-refractivity contribution < 1.29 is 0 Å². The van der Waals surface area contributed by atoms with Crippen LogP contribution < -0.4 is 0 Å². The van der Waals surface area contributed by atoms with E-state index < -0.39 is 0 Å². The molecule has 0 bridgehead atoms. The molecule has 2 heteroatoms. The van der Waals surface area contributed by atoms with E-state index in [4.69, 9.17) is 0 Å². The van der Waals surface area contributed by atoms with Gasteiger partial charge >= 0.3 is 0 Å². The second-order valence-electron chi connectivity index (χ2n) is 7.22. The Kier molecular flexibility index (Phi) is 6.06. The Balaban J connectivity index is 1.66. The molecular formula is C22H30N2. The minimum absolute atomic E-state index is 0.646. The third-order valence-electron chi connectivity index (χ3n) is 5.38. The molecule has 0 aliphatic heterocycles. The molecule has 1 aliphatic carbocycles. The van der Waals surface area contributed by atoms with E-state index in [1.54, 1.807) is 0 Å². The van der Waals surface area contributed by atoms with Crippen LogP contribution in [0.4, 0.5) is 0 Å². The summed E-state index contributed by atoms with van der Waals surface area (Å²) in [5.74, 6) is 0. The molecular weight excluding hydrogens is 292 g/mol. The van der Waals surface area contributed by atoms with Gasteiger partial charge in [0, 0.05) is 25.2 Å². The monoisotopic (exact) mass is 322 g/mol. The van der Waals surface area contributed by atoms with Crippen LogP contribution in [0.1, 0.15) is 36.8 Å². The molecule has 1 fully saturated rings. The van der Waals surface area contributed by atoms with Gasteiger partial charge in [0.1, 0.15) is 0 Å². The van der Waals surface area contributed by atoms with Gasteiger partial charge < -0.3 is 0 Å². The standard InChI is InChI=1S/C22H30N2/c1-23(17-19-11-5-3-6-12-19)21-15-9-10-16-22(21)24(2)18-20-13-7-4-8-14-20/h3-8,11-14,21-22H,9-10,15-18H2,1-2H3. The van der Waals surface area contributed by atoms with Gasteiger partial charge in [-0.1, -0.05) is 73.5 Å². The number of hydrogen-bond acceptors (Lipinski definition) is 2. The highest BCUT2D eigenvalue weighted by Gasteiger charge is 2.31. The zero-order chi connectivity index (χ0) is 16.8. The van der Waals surface area contributed by atoms with Gasteiger partial charge in [0.2, 0.25) is 0 Å². The summed E-state index contributed by atoms with van der Waals surface area (Å²) in [6, 6.07) is 23.0. The third-order valence-corrected chi connectivity index (χ3v) is 5.38. The molecule has 2 aromatic carbocycles. The maximum absolute atomic E-state index is 2.57. The van der Waals surface area contributed by atoms with Crippen molar-refractivity contribution in [1.29, 1.82) is 0 Å². The summed E-state index contributed by atoms with van der Waals surface area (Å²) in [4.78, 5) is 5.14. The van der Waals surface area contributed by atoms with E-state index in [-0.39, 0.29) is 0 Å². The predicted molar refractivity (Wildman–Crippen MR) is 102 cm³/mol. The number of benzene rings is 2. The summed E-state index contributed by atoms with van der Waals surface area (Å²) >= 11 is 0. The van der Waals surface area contributed by atoms with Crippen molar-refractivity contribution >= 4 is 0 Å². The van der Waals surface area contributed by atoms with Crippen molar-refractivity contribution in [3.8, 4) is 0 Å². The molecule has 0 spiro atoms. The lowest BCUT2D eigenvalue weighted by Gasteiger charge is -2.42. The Morgan fingerprint density at radius 2 is 1.04 bits per heavy atom. The highest BCUT2D eigenvalue weighted by Crippen LogP contribution is 2.27. The molecule has 0 amide bonds. The number of likely N-dealkylation sites (N-methyl/N-ethyl adjacent to an activating group) is 2. The second kappa shape index (κ2) is 8.46. The SMILES string of the molecule is CN(Cc1ccccc1)C1CCCCC1N(C)Cc1ccccc1. The van der Waals surface area contributed by atoms with E-state index in [0.717, 1.165) is 13.1 Å². The first kappa shape index (κ1) is 17.2. The van der Waals surface area contributed by atoms with Crippen molar-refractivity contribution in [2.75, 3.05) is 14.1 Å². The van der Waals surface area contributed by atoms with Crippen molar-refractivity contribution in [2.24, 2.45) is 0 Å². The Morgan fingerprint density at radius 3 is 1.42 bits per heavy atom. The van der Waals surface area contributed by atoms with E-state index in [9.17, 15) is 0 Å². The summed E-state index contributed by atoms with van der Waals surface area (Å²) in [5.41, 5.74) is 2.82. The smallest absolute Gasteiger partial charge is 0.0252 e. The normalized spacial score (nSPS) is 21.3. The molecule has 2 aromatic rings. The van der Waals surface area contributed by atoms with Gasteiger partial charge in [-0.2, -0.15) is 0 Å². The van der Waals surface area contributed by atoms with Crippen LogP contribution in [0.2, 0.25) is 0 Å². The maximum atomic E-state index is 2.57. The number of nitrogens with zero attached hydrogens (tertiary/aromatic N) is 2. The van der Waals surface area contributed by atoms with Gasteiger partial charge in [0.05, 0.1) is 0 Å². The van der Waals surface area contributed by atoms with E-state index in [2.05, 4.69) is 84.6 Å². The largest absolute Gasteiger partial charge is 0.298 e. The minimum Gasteiger partial charge on any atom is -0.298 e. The molecule has 0 aromatic heterocycles. The summed E-state index contributed by atoms with van der Waals surface area (Å²) in [5, 5.41) is 0. The van der Waals surface area contributed by atoms with Crippen molar-refractivity contribution in [2.45, 2.75) is 50.9 Å². The molecule has 2 unspecified atom stereocenters. The fourth-order valence-corrected chi connectivity index (χ4v) is 4.10. The summed E-state index contributed by atoms with van der Waals surface area (Å²) in [6.45, 7) is 2.09. The molecule has 1 aliphatic rings. The highest BCUT2D eigenvalue weighted by molar-refractivity contribution is 5.16. The number of hydrogen-bond donors (Lipinski definition) is 0. The van der Waals surface area contributed by atoms with E-state index in [0.29, 0.717) is 12.1 Å². The van der Waals surface area contributed by atoms with Gasteiger partial charge in [-0.15, -0.1) is 0 Å². The third kappa shape index (κ3) is 4.46. The lowest BCUT2D eigenvalue weighted by atomic mass is 9.88. The van der Waals surface area contributed by atoms with Crippen LogP contribution in [0.5, 0.6) is 0 Å². The molecule has 3 rings (SSSR count). The molecule has 2 nitrogen and oxygen atoms in total. The van der Waals surface area contributed by atoms with E-state index in [1.807, 2.05) is 0 Å². The van der Waals surface area contributed by atoms with Crippen molar-refractivity contribution in [1.82, 2.24) is 9.80 Å². The van der Waals surface area contributed by atoms with Crippen molar-refractivity contribution in [3.05, 3.63) is 71.8 Å². The summed E-state index contributed by atoms with van der Waals surface area (Å²) < 4.78 is 0. The van der Waals surface area contributed by atoms with Crippen LogP contribution in [0.3, 0.4) is 0 Å². The quantitative estimate of drug-likeness (QED) is 0.769. The van der Waals surface area contributed by atoms with Crippen LogP contribution in [-0.2, 0) is 13.1 Å². The van der Waals surface area contributed by atoms with E-state index >= 15 is 0 Å². The fraction of sp³-hybridized carbons (Fsp3) is 0.455. The molecule has 1 saturated carbocycles. The van der Waals surface area contributed by atoms with Crippen LogP contribution in [0.15, 0.2) is 60.7 Å². The molecule has 2 atom stereocenters. The second-order valence-corrected chi connectivity index (χ2v) is 7.22. The van der Waals surface area contributed by atoms with Gasteiger partial charge in [0.25, 0.3) is 0 Å². The van der Waals surface area contributed by atoms with Crippen LogP contribution in [0, 0.1) is 0 Å². The first-order chi connectivity index (χ1) is 11.7. The van der Waals surface area contributed by atoms with Crippen LogP contribution in [0.25, 0.3) is 0 Å². The van der Waals surface area contributed by atoms with Crippen LogP contribution >= 0.6 is 0 Å². The zero-order valence-corrected chi connectivity index (χ0v) is 15.1. The lowest BCUT2D eigenvalue weighted by molar-refractivity contribution is 0.0693. The van der Waals surface area contributed by atoms with Gasteiger partial charge in [-0.25, -0.2) is 0 Å². The number of rotatable bonds is 6. The minimum atomic E-state index is 0.646. The summed E-state index contributed by atoms with van der Waals surface area (Å²) in [7, 11) is 4.60. The molecule has 128 valence electrons. The summed E-state index contributed by atoms with van der Waals surface area (Å²) in [6.07, 6.45) is 5.35. The zero-order valence-electron chi connectivity index (χ0n) is 15.1. The van der Waals surface area contributed by atoms with Gasteiger partial charge in [-0.05, 0) is 38.1 Å². The lowest BCUT2D eigenvalue weighted by Crippen LogP contribution is -2.50. The predicted octanol–water partition coefficient (Wildman–Crippen LogP) is 4.56. The molecule has 0 heterocycles. The van der Waals surface area contributed by atoms with E-state index in [1.165, 1.54) is 36.8 Å².